The van der Waals surface area contributed by atoms with Crippen molar-refractivity contribution in [3.05, 3.63) is 53.1 Å². The van der Waals surface area contributed by atoms with Crippen LogP contribution in [0.4, 0.5) is 0 Å². The van der Waals surface area contributed by atoms with Gasteiger partial charge in [0.15, 0.2) is 5.78 Å². The zero-order valence-electron chi connectivity index (χ0n) is 25.1. The quantitative estimate of drug-likeness (QED) is 0.149. The summed E-state index contributed by atoms with van der Waals surface area (Å²) in [7, 11) is 4.89. The van der Waals surface area contributed by atoms with Gasteiger partial charge in [-0.25, -0.2) is 4.79 Å². The summed E-state index contributed by atoms with van der Waals surface area (Å²) in [5.41, 5.74) is 3.02. The molecule has 2 aromatic carbocycles. The maximum absolute atomic E-state index is 13.2. The van der Waals surface area contributed by atoms with Gasteiger partial charge >= 0.3 is 5.97 Å². The number of ether oxygens (including phenoxy) is 1. The molecule has 240 valence electrons. The van der Waals surface area contributed by atoms with Gasteiger partial charge in [-0.15, -0.1) is 0 Å². The highest BCUT2D eigenvalue weighted by molar-refractivity contribution is 6.34. The molecule has 0 aromatic heterocycles. The third-order valence-electron chi connectivity index (χ3n) is 7.32. The van der Waals surface area contributed by atoms with Gasteiger partial charge in [-0.2, -0.15) is 0 Å². The second-order valence-corrected chi connectivity index (χ2v) is 10.6. The maximum Gasteiger partial charge on any atom is 0.374 e. The first kappa shape index (κ1) is 37.3. The van der Waals surface area contributed by atoms with Crippen molar-refractivity contribution in [2.45, 2.75) is 45.4 Å². The van der Waals surface area contributed by atoms with E-state index in [0.29, 0.717) is 24.0 Å². The Bertz CT molecular complexity index is 1280. The molecule has 3 unspecified atom stereocenters. The van der Waals surface area contributed by atoms with Gasteiger partial charge in [-0.3, -0.25) is 19.2 Å². The van der Waals surface area contributed by atoms with Gasteiger partial charge < -0.3 is 30.8 Å². The SMILES string of the molecule is CNC.COC(=O)C(=O)Cc1ccc(-c2ccc(O)c3c2CC(CC(CCO)C(CO)C(=O)CC(C)=O)CC3=O)cc1.O.[HH].[HH]. The third-order valence-corrected chi connectivity index (χ3v) is 7.32. The Morgan fingerprint density at radius 2 is 1.67 bits per heavy atom. The lowest BCUT2D eigenvalue weighted by molar-refractivity contribution is -0.151. The van der Waals surface area contributed by atoms with Crippen LogP contribution in [-0.4, -0.2) is 84.3 Å². The van der Waals surface area contributed by atoms with E-state index in [1.54, 1.807) is 30.3 Å². The number of methoxy groups -OCH3 is 1. The topological polar surface area (TPSA) is 199 Å². The van der Waals surface area contributed by atoms with E-state index < -0.39 is 30.2 Å². The van der Waals surface area contributed by atoms with Gasteiger partial charge in [0.25, 0.3) is 0 Å². The molecule has 11 nitrogen and oxygen atoms in total. The molecule has 6 N–H and O–H groups in total. The number of carbonyl (C=O) groups is 5. The van der Waals surface area contributed by atoms with E-state index in [1.807, 2.05) is 14.1 Å². The normalized spacial score (nSPS) is 15.1. The van der Waals surface area contributed by atoms with Gasteiger partial charge in [0.1, 0.15) is 17.3 Å². The van der Waals surface area contributed by atoms with Crippen LogP contribution in [-0.2, 0) is 36.8 Å². The lowest BCUT2D eigenvalue weighted by Gasteiger charge is -2.31. The predicted molar refractivity (Wildman–Crippen MR) is 164 cm³/mol. The largest absolute Gasteiger partial charge is 0.507 e. The van der Waals surface area contributed by atoms with Crippen LogP contribution in [0.3, 0.4) is 0 Å². The highest BCUT2D eigenvalue weighted by Crippen LogP contribution is 2.41. The van der Waals surface area contributed by atoms with E-state index in [0.717, 1.165) is 18.2 Å². The predicted octanol–water partition coefficient (Wildman–Crippen LogP) is 2.14. The number of hydrogen-bond donors (Lipinski definition) is 4. The monoisotopic (exact) mass is 605 g/mol. The van der Waals surface area contributed by atoms with Gasteiger partial charge in [0.2, 0.25) is 5.78 Å². The molecule has 0 fully saturated rings. The highest BCUT2D eigenvalue weighted by atomic mass is 16.5. The fraction of sp³-hybridized carbons (Fsp3) is 0.469. The smallest absolute Gasteiger partial charge is 0.374 e. The number of carbonyl (C=O) groups excluding carboxylic acids is 5. The summed E-state index contributed by atoms with van der Waals surface area (Å²) in [4.78, 5) is 60.6. The number of aromatic hydroxyl groups is 1. The molecule has 2 aromatic rings. The van der Waals surface area contributed by atoms with E-state index >= 15 is 0 Å². The summed E-state index contributed by atoms with van der Waals surface area (Å²) in [6, 6.07) is 10.2. The molecular formula is C32H47NO10. The van der Waals surface area contributed by atoms with Crippen molar-refractivity contribution in [1.82, 2.24) is 5.32 Å². The highest BCUT2D eigenvalue weighted by Gasteiger charge is 2.35. The van der Waals surface area contributed by atoms with Crippen LogP contribution in [0.5, 0.6) is 5.75 Å². The van der Waals surface area contributed by atoms with Crippen LogP contribution in [0.2, 0.25) is 0 Å². The van der Waals surface area contributed by atoms with Crippen LogP contribution in [0, 0.1) is 17.8 Å². The number of hydrogen-bond acceptors (Lipinski definition) is 10. The molecule has 43 heavy (non-hydrogen) atoms. The van der Waals surface area contributed by atoms with Crippen molar-refractivity contribution in [3.8, 4) is 16.9 Å². The molecular weight excluding hydrogens is 558 g/mol. The van der Waals surface area contributed by atoms with E-state index in [1.165, 1.54) is 13.0 Å². The van der Waals surface area contributed by atoms with Crippen molar-refractivity contribution >= 4 is 29.1 Å². The molecule has 3 rings (SSSR count). The average molecular weight is 606 g/mol. The van der Waals surface area contributed by atoms with Crippen molar-refractivity contribution in [1.29, 1.82) is 0 Å². The Morgan fingerprint density at radius 3 is 2.21 bits per heavy atom. The number of rotatable bonds is 13. The van der Waals surface area contributed by atoms with Crippen LogP contribution in [0.25, 0.3) is 11.1 Å². The minimum absolute atomic E-state index is 0. The second kappa shape index (κ2) is 18.0. The van der Waals surface area contributed by atoms with Gasteiger partial charge in [0, 0.05) is 28.2 Å². The lowest BCUT2D eigenvalue weighted by atomic mass is 9.72. The number of esters is 1. The van der Waals surface area contributed by atoms with Gasteiger partial charge in [-0.05, 0) is 80.4 Å². The molecule has 0 amide bonds. The number of nitrogens with one attached hydrogen (secondary N) is 1. The molecule has 0 saturated heterocycles. The molecule has 0 bridgehead atoms. The van der Waals surface area contributed by atoms with Crippen LogP contribution >= 0.6 is 0 Å². The minimum atomic E-state index is -0.915. The van der Waals surface area contributed by atoms with Crippen molar-refractivity contribution in [3.63, 3.8) is 0 Å². The standard InChI is InChI=1S/C30H34O9.C2H7N.H2O.2H2/c1-17(33)11-26(35)24(16-32)21(9-10-31)12-19-13-23-22(7-8-25(34)29(23)27(36)15-19)20-5-3-18(4-6-20)14-28(37)30(38)39-2;1-3-2;;;/h3-8,19,21,24,31-32,34H,9-16H2,1-2H3;3H,1-2H3;1H2;2*1H. The molecule has 0 spiro atoms. The Hall–Kier alpha value is -3.77. The number of aliphatic hydroxyl groups is 2. The Balaban J connectivity index is 0. The van der Waals surface area contributed by atoms with Crippen LogP contribution < -0.4 is 5.32 Å². The molecule has 0 aliphatic heterocycles. The number of ketones is 4. The molecule has 0 radical (unpaired) electrons. The summed E-state index contributed by atoms with van der Waals surface area (Å²) in [6.07, 6.45) is 0.782. The van der Waals surface area contributed by atoms with Gasteiger partial charge in [-0.1, -0.05) is 30.3 Å². The Morgan fingerprint density at radius 1 is 1.05 bits per heavy atom. The molecule has 3 atom stereocenters. The Labute approximate surface area is 254 Å². The lowest BCUT2D eigenvalue weighted by Crippen LogP contribution is -2.32. The summed E-state index contributed by atoms with van der Waals surface area (Å²) in [6.45, 7) is 0.648. The molecule has 0 saturated carbocycles. The fourth-order valence-corrected chi connectivity index (χ4v) is 5.46. The molecule has 11 heteroatoms. The number of aliphatic hydroxyl groups excluding tert-OH is 2. The van der Waals surface area contributed by atoms with Crippen LogP contribution in [0.1, 0.15) is 56.9 Å². The number of phenols is 1. The summed E-state index contributed by atoms with van der Waals surface area (Å²) >= 11 is 0. The van der Waals surface area contributed by atoms with Crippen molar-refractivity contribution in [2.75, 3.05) is 34.4 Å². The van der Waals surface area contributed by atoms with Crippen molar-refractivity contribution < 1.29 is 52.4 Å². The fourth-order valence-electron chi connectivity index (χ4n) is 5.46. The van der Waals surface area contributed by atoms with E-state index in [4.69, 9.17) is 0 Å². The first-order valence-corrected chi connectivity index (χ1v) is 13.9. The summed E-state index contributed by atoms with van der Waals surface area (Å²) in [5, 5.41) is 32.8. The number of Topliss-reactive ketones (excluding diaryl/α,β-unsaturated/α-hetero) is 4. The Kier molecular flexibility index (Phi) is 15.6. The zero-order chi connectivity index (χ0) is 31.4. The summed E-state index contributed by atoms with van der Waals surface area (Å²) in [5.74, 6) is -4.06. The maximum atomic E-state index is 13.2. The second-order valence-electron chi connectivity index (χ2n) is 10.6. The van der Waals surface area contributed by atoms with Gasteiger partial charge in [0.05, 0.1) is 25.7 Å². The minimum Gasteiger partial charge on any atom is -0.507 e. The number of fused-ring (bicyclic) bond motifs is 1. The third kappa shape index (κ3) is 10.2. The van der Waals surface area contributed by atoms with E-state index in [-0.39, 0.29) is 75.2 Å². The average Bonchev–Trinajstić information content (AvgIpc) is 2.93. The molecule has 1 aliphatic carbocycles. The first-order valence-electron chi connectivity index (χ1n) is 13.9. The van der Waals surface area contributed by atoms with E-state index in [9.17, 15) is 39.3 Å². The van der Waals surface area contributed by atoms with Crippen molar-refractivity contribution in [2.24, 2.45) is 17.8 Å². The van der Waals surface area contributed by atoms with Crippen LogP contribution in [0.15, 0.2) is 36.4 Å². The van der Waals surface area contributed by atoms with E-state index in [2.05, 4.69) is 10.1 Å². The number of benzene rings is 2. The molecule has 1 aliphatic rings. The summed E-state index contributed by atoms with van der Waals surface area (Å²) < 4.78 is 4.46. The zero-order valence-corrected chi connectivity index (χ0v) is 25.1. The number of phenolic OH excluding ortho intramolecular Hbond substituents is 1. The first-order chi connectivity index (χ1) is 20.0. The molecule has 0 heterocycles.